The van der Waals surface area contributed by atoms with Gasteiger partial charge in [0.15, 0.2) is 0 Å². The van der Waals surface area contributed by atoms with E-state index in [4.69, 9.17) is 10.5 Å². The molecule has 1 rings (SSSR count). The highest BCUT2D eigenvalue weighted by molar-refractivity contribution is 4.87. The van der Waals surface area contributed by atoms with E-state index in [1.807, 2.05) is 0 Å². The molecule has 0 saturated carbocycles. The summed E-state index contributed by atoms with van der Waals surface area (Å²) in [5, 5.41) is 0. The van der Waals surface area contributed by atoms with E-state index in [-0.39, 0.29) is 5.41 Å². The molecule has 1 unspecified atom stereocenters. The summed E-state index contributed by atoms with van der Waals surface area (Å²) in [6.07, 6.45) is 2.35. The van der Waals surface area contributed by atoms with Crippen molar-refractivity contribution in [3.63, 3.8) is 0 Å². The van der Waals surface area contributed by atoms with Crippen molar-refractivity contribution >= 4 is 0 Å². The van der Waals surface area contributed by atoms with Crippen molar-refractivity contribution in [2.75, 3.05) is 39.4 Å². The minimum Gasteiger partial charge on any atom is -0.381 e. The first-order valence-corrected chi connectivity index (χ1v) is 5.76. The Balaban J connectivity index is 2.44. The van der Waals surface area contributed by atoms with E-state index in [0.29, 0.717) is 0 Å². The highest BCUT2D eigenvalue weighted by Crippen LogP contribution is 2.28. The van der Waals surface area contributed by atoms with Gasteiger partial charge in [-0.1, -0.05) is 13.8 Å². The molecule has 84 valence electrons. The van der Waals surface area contributed by atoms with Gasteiger partial charge in [-0.2, -0.15) is 0 Å². The molecule has 1 saturated heterocycles. The lowest BCUT2D eigenvalue weighted by Crippen LogP contribution is -2.43. The van der Waals surface area contributed by atoms with E-state index in [0.717, 1.165) is 39.3 Å². The van der Waals surface area contributed by atoms with Crippen LogP contribution in [-0.2, 0) is 4.74 Å². The van der Waals surface area contributed by atoms with Crippen LogP contribution in [0, 0.1) is 5.41 Å². The summed E-state index contributed by atoms with van der Waals surface area (Å²) >= 11 is 0. The Morgan fingerprint density at radius 3 is 2.64 bits per heavy atom. The highest BCUT2D eigenvalue weighted by atomic mass is 16.5. The molecule has 0 radical (unpaired) electrons. The number of ether oxygens (including phenoxy) is 1. The van der Waals surface area contributed by atoms with Crippen LogP contribution in [0.15, 0.2) is 0 Å². The van der Waals surface area contributed by atoms with Crippen molar-refractivity contribution < 1.29 is 4.74 Å². The fourth-order valence-corrected chi connectivity index (χ4v) is 2.14. The number of hydrogen-bond acceptors (Lipinski definition) is 3. The third kappa shape index (κ3) is 2.94. The van der Waals surface area contributed by atoms with Crippen LogP contribution in [0.5, 0.6) is 0 Å². The Labute approximate surface area is 87.6 Å². The summed E-state index contributed by atoms with van der Waals surface area (Å²) in [5.41, 5.74) is 6.10. The van der Waals surface area contributed by atoms with Gasteiger partial charge < -0.3 is 15.4 Å². The molecule has 1 aliphatic rings. The lowest BCUT2D eigenvalue weighted by atomic mass is 9.87. The third-order valence-electron chi connectivity index (χ3n) is 3.16. The van der Waals surface area contributed by atoms with Gasteiger partial charge in [-0.25, -0.2) is 0 Å². The lowest BCUT2D eigenvalue weighted by Gasteiger charge is -2.32. The molecule has 0 aromatic heterocycles. The van der Waals surface area contributed by atoms with Crippen molar-refractivity contribution in [1.29, 1.82) is 0 Å². The predicted octanol–water partition coefficient (Wildman–Crippen LogP) is 1.08. The molecule has 0 aromatic rings. The van der Waals surface area contributed by atoms with Crippen LogP contribution in [0.25, 0.3) is 0 Å². The standard InChI is InChI=1S/C11H24N2O/c1-3-6-13(4-2)9-11(8-12)5-7-14-10-11/h3-10,12H2,1-2H3. The number of rotatable bonds is 6. The van der Waals surface area contributed by atoms with E-state index in [1.165, 1.54) is 13.0 Å². The minimum atomic E-state index is 0.241. The molecule has 1 heterocycles. The smallest absolute Gasteiger partial charge is 0.0547 e. The summed E-state index contributed by atoms with van der Waals surface area (Å²) < 4.78 is 5.47. The molecule has 2 N–H and O–H groups in total. The number of nitrogens with zero attached hydrogens (tertiary/aromatic N) is 1. The summed E-state index contributed by atoms with van der Waals surface area (Å²) in [7, 11) is 0. The van der Waals surface area contributed by atoms with Gasteiger partial charge in [0.05, 0.1) is 6.61 Å². The fourth-order valence-electron chi connectivity index (χ4n) is 2.14. The first-order chi connectivity index (χ1) is 6.76. The first-order valence-electron chi connectivity index (χ1n) is 5.76. The quantitative estimate of drug-likeness (QED) is 0.697. The van der Waals surface area contributed by atoms with Crippen molar-refractivity contribution in [3.05, 3.63) is 0 Å². The van der Waals surface area contributed by atoms with Crippen LogP contribution in [-0.4, -0.2) is 44.3 Å². The van der Waals surface area contributed by atoms with Crippen molar-refractivity contribution in [1.82, 2.24) is 4.90 Å². The second-order valence-corrected chi connectivity index (χ2v) is 4.38. The highest BCUT2D eigenvalue weighted by Gasteiger charge is 2.34. The van der Waals surface area contributed by atoms with Crippen LogP contribution < -0.4 is 5.73 Å². The minimum absolute atomic E-state index is 0.241. The Bertz CT molecular complexity index is 155. The van der Waals surface area contributed by atoms with Crippen LogP contribution in [0.4, 0.5) is 0 Å². The van der Waals surface area contributed by atoms with E-state index in [2.05, 4.69) is 18.7 Å². The average molecular weight is 200 g/mol. The maximum absolute atomic E-state index is 5.86. The van der Waals surface area contributed by atoms with Crippen molar-refractivity contribution in [2.45, 2.75) is 26.7 Å². The SMILES string of the molecule is CCCN(CC)CC1(CN)CCOC1. The Hall–Kier alpha value is -0.120. The fraction of sp³-hybridized carbons (Fsp3) is 1.00. The Morgan fingerprint density at radius 1 is 1.43 bits per heavy atom. The summed E-state index contributed by atoms with van der Waals surface area (Å²) in [4.78, 5) is 2.49. The molecule has 0 spiro atoms. The molecule has 3 nitrogen and oxygen atoms in total. The summed E-state index contributed by atoms with van der Waals surface area (Å²) in [6, 6.07) is 0. The second kappa shape index (κ2) is 5.69. The van der Waals surface area contributed by atoms with Gasteiger partial charge in [-0.3, -0.25) is 0 Å². The summed E-state index contributed by atoms with van der Waals surface area (Å²) in [5.74, 6) is 0. The van der Waals surface area contributed by atoms with E-state index >= 15 is 0 Å². The van der Waals surface area contributed by atoms with Crippen molar-refractivity contribution in [2.24, 2.45) is 11.1 Å². The van der Waals surface area contributed by atoms with E-state index in [1.54, 1.807) is 0 Å². The molecular formula is C11H24N2O. The Morgan fingerprint density at radius 2 is 2.21 bits per heavy atom. The zero-order valence-electron chi connectivity index (χ0n) is 9.59. The molecule has 1 aliphatic heterocycles. The van der Waals surface area contributed by atoms with Gasteiger partial charge in [0.25, 0.3) is 0 Å². The third-order valence-corrected chi connectivity index (χ3v) is 3.16. The second-order valence-electron chi connectivity index (χ2n) is 4.38. The Kier molecular flexibility index (Phi) is 4.85. The summed E-state index contributed by atoms with van der Waals surface area (Å²) in [6.45, 7) is 10.3. The average Bonchev–Trinajstić information content (AvgIpc) is 2.66. The number of nitrogens with two attached hydrogens (primary N) is 1. The monoisotopic (exact) mass is 200 g/mol. The maximum Gasteiger partial charge on any atom is 0.0547 e. The van der Waals surface area contributed by atoms with Crippen LogP contribution >= 0.6 is 0 Å². The van der Waals surface area contributed by atoms with Crippen molar-refractivity contribution in [3.8, 4) is 0 Å². The lowest BCUT2D eigenvalue weighted by molar-refractivity contribution is 0.117. The molecule has 3 heteroatoms. The van der Waals surface area contributed by atoms with E-state index in [9.17, 15) is 0 Å². The molecule has 0 aromatic carbocycles. The van der Waals surface area contributed by atoms with Gasteiger partial charge in [0, 0.05) is 25.1 Å². The molecule has 1 fully saturated rings. The zero-order valence-corrected chi connectivity index (χ0v) is 9.59. The molecular weight excluding hydrogens is 176 g/mol. The topological polar surface area (TPSA) is 38.5 Å². The zero-order chi connectivity index (χ0) is 10.4. The normalized spacial score (nSPS) is 27.4. The van der Waals surface area contributed by atoms with Gasteiger partial charge in [-0.15, -0.1) is 0 Å². The largest absolute Gasteiger partial charge is 0.381 e. The van der Waals surface area contributed by atoms with Gasteiger partial charge in [0.2, 0.25) is 0 Å². The predicted molar refractivity (Wildman–Crippen MR) is 59.3 cm³/mol. The number of hydrogen-bond donors (Lipinski definition) is 1. The molecule has 0 amide bonds. The van der Waals surface area contributed by atoms with Gasteiger partial charge >= 0.3 is 0 Å². The van der Waals surface area contributed by atoms with Crippen LogP contribution in [0.2, 0.25) is 0 Å². The molecule has 0 aliphatic carbocycles. The molecule has 14 heavy (non-hydrogen) atoms. The van der Waals surface area contributed by atoms with Crippen LogP contribution in [0.1, 0.15) is 26.7 Å². The maximum atomic E-state index is 5.86. The first kappa shape index (κ1) is 12.0. The van der Waals surface area contributed by atoms with E-state index < -0.39 is 0 Å². The molecule has 0 bridgehead atoms. The van der Waals surface area contributed by atoms with Crippen LogP contribution in [0.3, 0.4) is 0 Å². The molecule has 1 atom stereocenters. The van der Waals surface area contributed by atoms with Gasteiger partial charge in [0.1, 0.15) is 0 Å². The van der Waals surface area contributed by atoms with Gasteiger partial charge in [-0.05, 0) is 25.9 Å².